The summed E-state index contributed by atoms with van der Waals surface area (Å²) in [6, 6.07) is 13.4. The molecular weight excluding hydrogens is 391 g/mol. The molecule has 0 atom stereocenters. The number of aryl methyl sites for hydroxylation is 1. The second kappa shape index (κ2) is 7.47. The Hall–Kier alpha value is -3.13. The van der Waals surface area contributed by atoms with Gasteiger partial charge in [-0.2, -0.15) is 22.8 Å². The third kappa shape index (κ3) is 3.63. The Balaban J connectivity index is 0.00000225. The molecule has 144 valence electrons. The molecule has 4 aromatic rings. The van der Waals surface area contributed by atoms with Crippen LogP contribution >= 0.6 is 12.4 Å². The molecule has 0 amide bonds. The fourth-order valence-electron chi connectivity index (χ4n) is 2.88. The number of aromatic nitrogens is 4. The van der Waals surface area contributed by atoms with Gasteiger partial charge in [0.15, 0.2) is 11.3 Å². The molecule has 4 rings (SSSR count). The third-order valence-electron chi connectivity index (χ3n) is 4.00. The molecule has 0 fully saturated rings. The number of nitrogens with zero attached hydrogens (tertiary/aromatic N) is 4. The molecule has 0 saturated heterocycles. The number of nitrogens with one attached hydrogen (secondary N) is 1. The van der Waals surface area contributed by atoms with Crippen LogP contribution in [-0.2, 0) is 6.18 Å². The first kappa shape index (κ1) is 19.6. The third-order valence-corrected chi connectivity index (χ3v) is 4.00. The first-order chi connectivity index (χ1) is 12.9. The van der Waals surface area contributed by atoms with Crippen LogP contribution in [0.4, 0.5) is 24.7 Å². The van der Waals surface area contributed by atoms with E-state index in [1.54, 1.807) is 67.8 Å². The van der Waals surface area contributed by atoms with Gasteiger partial charge < -0.3 is 5.32 Å². The number of rotatable bonds is 3. The van der Waals surface area contributed by atoms with E-state index in [4.69, 9.17) is 0 Å². The summed E-state index contributed by atoms with van der Waals surface area (Å²) in [5.41, 5.74) is 0.805. The van der Waals surface area contributed by atoms with Crippen molar-refractivity contribution in [1.82, 2.24) is 19.6 Å². The highest BCUT2D eigenvalue weighted by molar-refractivity contribution is 5.85. The zero-order chi connectivity index (χ0) is 19.0. The number of halogens is 4. The molecule has 0 spiro atoms. The van der Waals surface area contributed by atoms with Gasteiger partial charge in [0.1, 0.15) is 5.82 Å². The van der Waals surface area contributed by atoms with Crippen LogP contribution in [0.3, 0.4) is 0 Å². The first-order valence-corrected chi connectivity index (χ1v) is 8.13. The second-order valence-electron chi connectivity index (χ2n) is 5.97. The highest BCUT2D eigenvalue weighted by Gasteiger charge is 2.39. The Morgan fingerprint density at radius 1 is 1.00 bits per heavy atom. The van der Waals surface area contributed by atoms with Crippen LogP contribution < -0.4 is 5.32 Å². The fraction of sp³-hybridized carbons (Fsp3) is 0.105. The number of pyridine rings is 1. The zero-order valence-electron chi connectivity index (χ0n) is 14.6. The lowest BCUT2D eigenvalue weighted by Gasteiger charge is -2.09. The van der Waals surface area contributed by atoms with Gasteiger partial charge in [0.2, 0.25) is 0 Å². The van der Waals surface area contributed by atoms with E-state index in [1.165, 1.54) is 4.52 Å². The average molecular weight is 406 g/mol. The molecule has 9 heteroatoms. The molecule has 1 aromatic carbocycles. The molecule has 3 heterocycles. The highest BCUT2D eigenvalue weighted by Crippen LogP contribution is 2.39. The van der Waals surface area contributed by atoms with Gasteiger partial charge in [0.05, 0.1) is 5.56 Å². The van der Waals surface area contributed by atoms with Crippen molar-refractivity contribution in [1.29, 1.82) is 0 Å². The number of hydrogen-bond donors (Lipinski definition) is 1. The van der Waals surface area contributed by atoms with Gasteiger partial charge >= 0.3 is 6.18 Å². The Labute approximate surface area is 164 Å². The van der Waals surface area contributed by atoms with Gasteiger partial charge in [0, 0.05) is 29.8 Å². The highest BCUT2D eigenvalue weighted by atomic mass is 35.5. The fourth-order valence-corrected chi connectivity index (χ4v) is 2.88. The Morgan fingerprint density at radius 2 is 1.68 bits per heavy atom. The van der Waals surface area contributed by atoms with Crippen molar-refractivity contribution in [3.05, 3.63) is 72.3 Å². The van der Waals surface area contributed by atoms with E-state index >= 15 is 0 Å². The minimum Gasteiger partial charge on any atom is -0.340 e. The Kier molecular flexibility index (Phi) is 5.24. The van der Waals surface area contributed by atoms with Gasteiger partial charge in [-0.05, 0) is 24.6 Å². The smallest absolute Gasteiger partial charge is 0.340 e. The van der Waals surface area contributed by atoms with Gasteiger partial charge in [0.25, 0.3) is 0 Å². The van der Waals surface area contributed by atoms with E-state index in [0.717, 1.165) is 0 Å². The molecule has 0 saturated carbocycles. The van der Waals surface area contributed by atoms with Gasteiger partial charge in [-0.15, -0.1) is 12.4 Å². The van der Waals surface area contributed by atoms with Crippen LogP contribution in [0.25, 0.3) is 16.8 Å². The van der Waals surface area contributed by atoms with Crippen molar-refractivity contribution in [2.75, 3.05) is 5.32 Å². The summed E-state index contributed by atoms with van der Waals surface area (Å²) >= 11 is 0. The maximum atomic E-state index is 13.7. The summed E-state index contributed by atoms with van der Waals surface area (Å²) in [6.45, 7) is 1.73. The van der Waals surface area contributed by atoms with E-state index in [2.05, 4.69) is 20.4 Å². The van der Waals surface area contributed by atoms with Gasteiger partial charge in [-0.1, -0.05) is 30.3 Å². The van der Waals surface area contributed by atoms with E-state index in [1.807, 2.05) is 0 Å². The standard InChI is InChI=1S/C19H14F3N5.ClH/c1-12-11-15(25-14-7-9-23-10-8-14)27-18(24-12)16(13-5-3-2-4-6-13)17(26-27)19(20,21)22;/h2-11H,1H3,(H,23,25);1H. The number of benzene rings is 1. The summed E-state index contributed by atoms with van der Waals surface area (Å²) in [5.74, 6) is 0.386. The lowest BCUT2D eigenvalue weighted by atomic mass is 10.1. The maximum Gasteiger partial charge on any atom is 0.435 e. The summed E-state index contributed by atoms with van der Waals surface area (Å²) in [6.07, 6.45) is -1.43. The summed E-state index contributed by atoms with van der Waals surface area (Å²) in [4.78, 5) is 8.27. The van der Waals surface area contributed by atoms with Crippen molar-refractivity contribution in [3.63, 3.8) is 0 Å². The minimum absolute atomic E-state index is 0. The van der Waals surface area contributed by atoms with Crippen LogP contribution in [0.1, 0.15) is 11.4 Å². The van der Waals surface area contributed by atoms with Crippen LogP contribution in [0.2, 0.25) is 0 Å². The van der Waals surface area contributed by atoms with Crippen LogP contribution in [-0.4, -0.2) is 19.6 Å². The van der Waals surface area contributed by atoms with Crippen molar-refractivity contribution in [3.8, 4) is 11.1 Å². The molecule has 0 radical (unpaired) electrons. The average Bonchev–Trinajstić information content (AvgIpc) is 3.03. The van der Waals surface area contributed by atoms with E-state index in [-0.39, 0.29) is 23.6 Å². The van der Waals surface area contributed by atoms with Crippen molar-refractivity contribution in [2.24, 2.45) is 0 Å². The van der Waals surface area contributed by atoms with E-state index < -0.39 is 11.9 Å². The summed E-state index contributed by atoms with van der Waals surface area (Å²) in [7, 11) is 0. The summed E-state index contributed by atoms with van der Waals surface area (Å²) < 4.78 is 42.3. The van der Waals surface area contributed by atoms with E-state index in [0.29, 0.717) is 22.8 Å². The lowest BCUT2D eigenvalue weighted by molar-refractivity contribution is -0.140. The molecule has 0 unspecified atom stereocenters. The monoisotopic (exact) mass is 405 g/mol. The van der Waals surface area contributed by atoms with E-state index in [9.17, 15) is 13.2 Å². The molecule has 1 N–H and O–H groups in total. The quantitative estimate of drug-likeness (QED) is 0.503. The van der Waals surface area contributed by atoms with Crippen molar-refractivity contribution in [2.45, 2.75) is 13.1 Å². The second-order valence-corrected chi connectivity index (χ2v) is 5.97. The van der Waals surface area contributed by atoms with Crippen LogP contribution in [0.5, 0.6) is 0 Å². The first-order valence-electron chi connectivity index (χ1n) is 8.13. The maximum absolute atomic E-state index is 13.7. The van der Waals surface area contributed by atoms with Crippen LogP contribution in [0, 0.1) is 6.92 Å². The molecule has 0 aliphatic heterocycles. The van der Waals surface area contributed by atoms with Crippen LogP contribution in [0.15, 0.2) is 60.9 Å². The number of alkyl halides is 3. The molecule has 0 bridgehead atoms. The largest absolute Gasteiger partial charge is 0.435 e. The number of fused-ring (bicyclic) bond motifs is 1. The normalized spacial score (nSPS) is 11.3. The summed E-state index contributed by atoms with van der Waals surface area (Å²) in [5, 5.41) is 6.93. The number of anilines is 2. The Morgan fingerprint density at radius 3 is 2.32 bits per heavy atom. The molecule has 5 nitrogen and oxygen atoms in total. The SMILES string of the molecule is Cc1cc(Nc2ccncc2)n2nc(C(F)(F)F)c(-c3ccccc3)c2n1.Cl. The van der Waals surface area contributed by atoms with Gasteiger partial charge in [-0.25, -0.2) is 4.98 Å². The predicted molar refractivity (Wildman–Crippen MR) is 103 cm³/mol. The lowest BCUT2D eigenvalue weighted by Crippen LogP contribution is -2.08. The van der Waals surface area contributed by atoms with Crippen molar-refractivity contribution >= 4 is 29.6 Å². The number of hydrogen-bond acceptors (Lipinski definition) is 4. The molecule has 28 heavy (non-hydrogen) atoms. The minimum atomic E-state index is -4.61. The Bertz CT molecular complexity index is 1100. The predicted octanol–water partition coefficient (Wildman–Crippen LogP) is 5.28. The molecule has 0 aliphatic carbocycles. The molecule has 0 aliphatic rings. The zero-order valence-corrected chi connectivity index (χ0v) is 15.4. The molecule has 3 aromatic heterocycles. The van der Waals surface area contributed by atoms with Gasteiger partial charge in [-0.3, -0.25) is 4.98 Å². The topological polar surface area (TPSA) is 55.1 Å². The molecular formula is C19H15ClF3N5. The van der Waals surface area contributed by atoms with Crippen molar-refractivity contribution < 1.29 is 13.2 Å².